The van der Waals surface area contributed by atoms with E-state index >= 15 is 0 Å². The number of nitrogens with one attached hydrogen (secondary N) is 2. The van der Waals surface area contributed by atoms with Crippen LogP contribution in [0.4, 0.5) is 4.79 Å². The van der Waals surface area contributed by atoms with Gasteiger partial charge in [-0.15, -0.1) is 20.3 Å². The van der Waals surface area contributed by atoms with Gasteiger partial charge in [-0.1, -0.05) is 99.5 Å². The van der Waals surface area contributed by atoms with E-state index in [1.54, 1.807) is 26.0 Å². The van der Waals surface area contributed by atoms with Gasteiger partial charge in [0.25, 0.3) is 5.09 Å². The predicted molar refractivity (Wildman–Crippen MR) is 186 cm³/mol. The molecular weight excluding hydrogens is 680 g/mol. The molecule has 0 aliphatic rings. The second-order valence-electron chi connectivity index (χ2n) is 11.9. The van der Waals surface area contributed by atoms with E-state index in [1.165, 1.54) is 12.1 Å². The number of esters is 1. The van der Waals surface area contributed by atoms with Crippen molar-refractivity contribution in [2.75, 3.05) is 0 Å². The number of H-pyrrole nitrogens is 1. The smallest absolute Gasteiger partial charge is 0.408 e. The first-order valence-electron chi connectivity index (χ1n) is 16.3. The summed E-state index contributed by atoms with van der Waals surface area (Å²) in [6, 6.07) is 20.9. The van der Waals surface area contributed by atoms with Crippen molar-refractivity contribution in [3.05, 3.63) is 111 Å². The van der Waals surface area contributed by atoms with Gasteiger partial charge in [0.05, 0.1) is 5.69 Å². The summed E-state index contributed by atoms with van der Waals surface area (Å²) in [6.07, 6.45) is 1.68. The number of aromatic amines is 1. The Morgan fingerprint density at radius 2 is 1.78 bits per heavy atom. The third-order valence-electron chi connectivity index (χ3n) is 7.96. The van der Waals surface area contributed by atoms with Crippen molar-refractivity contribution in [3.8, 4) is 28.3 Å². The fraction of sp³-hybridized carbons (Fsp3) is 0.314. The maximum Gasteiger partial charge on any atom is 0.408 e. The Bertz CT molecular complexity index is 1950. The molecule has 0 aliphatic carbocycles. The highest BCUT2D eigenvalue weighted by Gasteiger charge is 2.28. The van der Waals surface area contributed by atoms with Crippen LogP contribution in [-0.2, 0) is 40.5 Å². The van der Waals surface area contributed by atoms with Crippen LogP contribution in [0.5, 0.6) is 5.75 Å². The number of halogens is 1. The molecule has 1 atom stereocenters. The van der Waals surface area contributed by atoms with Gasteiger partial charge in [-0.3, -0.25) is 0 Å². The van der Waals surface area contributed by atoms with Crippen molar-refractivity contribution in [2.45, 2.75) is 65.8 Å². The first kappa shape index (κ1) is 36.5. The van der Waals surface area contributed by atoms with Gasteiger partial charge in [0, 0.05) is 18.5 Å². The van der Waals surface area contributed by atoms with Crippen LogP contribution < -0.4 is 10.1 Å². The number of carbonyl (C=O) groups is 2. The number of aryl methyl sites for hydroxylation is 1. The summed E-state index contributed by atoms with van der Waals surface area (Å²) in [6.45, 7) is 5.50. The van der Waals surface area contributed by atoms with Crippen LogP contribution in [0.15, 0.2) is 72.8 Å². The van der Waals surface area contributed by atoms with Gasteiger partial charge in [0.1, 0.15) is 30.8 Å². The summed E-state index contributed by atoms with van der Waals surface area (Å²) >= 11 is 6.62. The molecule has 0 bridgehead atoms. The Morgan fingerprint density at radius 3 is 2.47 bits per heavy atom. The molecule has 0 saturated heterocycles. The number of hydrogen-bond donors (Lipinski definition) is 2. The minimum atomic E-state index is -1.06. The number of rotatable bonds is 16. The number of nitrogens with zero attached hydrogens (tertiary/aromatic N) is 6. The minimum absolute atomic E-state index is 0.143. The molecule has 5 rings (SSSR count). The largest absolute Gasteiger partial charge is 0.443 e. The number of alkyl carbamates (subject to hydrolysis) is 1. The SMILES string of the molecule is CCCCc1nc(Cl)c(COC(=O)NC(C(=O)Oc2cccc(CO[N+](=O)[O-])c2)C(C)C)n1Cc1ccc(-c2ccccc2-c2nn[nH]n2)cc1. The van der Waals surface area contributed by atoms with Crippen LogP contribution in [0.2, 0.25) is 5.15 Å². The summed E-state index contributed by atoms with van der Waals surface area (Å²) in [5.41, 5.74) is 4.71. The topological polar surface area (TPSA) is 189 Å². The molecule has 3 aromatic carbocycles. The summed E-state index contributed by atoms with van der Waals surface area (Å²) in [4.78, 5) is 45.6. The Kier molecular flexibility index (Phi) is 12.3. The van der Waals surface area contributed by atoms with Gasteiger partial charge in [0.2, 0.25) is 5.82 Å². The zero-order valence-corrected chi connectivity index (χ0v) is 29.0. The van der Waals surface area contributed by atoms with Gasteiger partial charge in [-0.05, 0) is 51.9 Å². The molecular formula is C35H37ClN8O7. The highest BCUT2D eigenvalue weighted by atomic mass is 35.5. The molecule has 1 unspecified atom stereocenters. The molecule has 0 spiro atoms. The van der Waals surface area contributed by atoms with E-state index in [9.17, 15) is 19.7 Å². The molecule has 15 nitrogen and oxygen atoms in total. The van der Waals surface area contributed by atoms with E-state index in [1.807, 2.05) is 53.1 Å². The van der Waals surface area contributed by atoms with E-state index in [2.05, 4.69) is 42.7 Å². The molecule has 0 fully saturated rings. The molecule has 266 valence electrons. The highest BCUT2D eigenvalue weighted by molar-refractivity contribution is 6.30. The van der Waals surface area contributed by atoms with Gasteiger partial charge in [-0.2, -0.15) is 5.21 Å². The lowest BCUT2D eigenvalue weighted by Crippen LogP contribution is -2.46. The van der Waals surface area contributed by atoms with E-state index in [-0.39, 0.29) is 30.0 Å². The maximum atomic E-state index is 13.1. The Balaban J connectivity index is 1.27. The fourth-order valence-electron chi connectivity index (χ4n) is 5.34. The number of aromatic nitrogens is 6. The first-order chi connectivity index (χ1) is 24.6. The lowest BCUT2D eigenvalue weighted by molar-refractivity contribution is -0.763. The predicted octanol–water partition coefficient (Wildman–Crippen LogP) is 6.34. The Labute approximate surface area is 298 Å². The van der Waals surface area contributed by atoms with Crippen LogP contribution >= 0.6 is 11.6 Å². The molecule has 5 aromatic rings. The number of ether oxygens (including phenoxy) is 2. The Morgan fingerprint density at radius 1 is 1.02 bits per heavy atom. The van der Waals surface area contributed by atoms with E-state index < -0.39 is 23.2 Å². The second-order valence-corrected chi connectivity index (χ2v) is 12.3. The minimum Gasteiger partial charge on any atom is -0.443 e. The third-order valence-corrected chi connectivity index (χ3v) is 8.27. The zero-order chi connectivity index (χ0) is 36.3. The number of tetrazole rings is 1. The Hall–Kier alpha value is -5.83. The van der Waals surface area contributed by atoms with Crippen molar-refractivity contribution in [1.82, 2.24) is 35.5 Å². The molecule has 0 radical (unpaired) electrons. The quantitative estimate of drug-likeness (QED) is 0.0502. The summed E-state index contributed by atoms with van der Waals surface area (Å²) in [5.74, 6) is 0.318. The average molecular weight is 717 g/mol. The van der Waals surface area contributed by atoms with Gasteiger partial charge >= 0.3 is 12.1 Å². The normalized spacial score (nSPS) is 11.6. The standard InChI is InChI=1S/C35H37ClN8O7/c1-4-5-13-30-37-32(36)29(43(30)19-23-14-16-25(17-15-23)27-11-6-7-12-28(27)33-39-41-42-40-33)21-49-35(46)38-31(22(2)3)34(45)51-26-10-8-9-24(18-26)20-50-44(47)48/h6-12,14-18,22,31H,4-5,13,19-21H2,1-3H3,(H,38,46)(H,39,40,41,42). The van der Waals surface area contributed by atoms with Crippen LogP contribution in [0.3, 0.4) is 0 Å². The molecule has 51 heavy (non-hydrogen) atoms. The van der Waals surface area contributed by atoms with Crippen LogP contribution in [0.25, 0.3) is 22.5 Å². The molecule has 2 N–H and O–H groups in total. The molecule has 2 aromatic heterocycles. The van der Waals surface area contributed by atoms with Crippen molar-refractivity contribution in [2.24, 2.45) is 5.92 Å². The van der Waals surface area contributed by atoms with Crippen LogP contribution in [0.1, 0.15) is 56.3 Å². The summed E-state index contributed by atoms with van der Waals surface area (Å²) in [7, 11) is 0. The van der Waals surface area contributed by atoms with Gasteiger partial charge in [0.15, 0.2) is 5.15 Å². The van der Waals surface area contributed by atoms with Crippen molar-refractivity contribution < 1.29 is 29.0 Å². The molecule has 16 heteroatoms. The number of imidazole rings is 1. The highest BCUT2D eigenvalue weighted by Crippen LogP contribution is 2.30. The van der Waals surface area contributed by atoms with Crippen LogP contribution in [-0.4, -0.2) is 53.4 Å². The summed E-state index contributed by atoms with van der Waals surface area (Å²) in [5, 5.41) is 26.9. The molecule has 0 aliphatic heterocycles. The first-order valence-corrected chi connectivity index (χ1v) is 16.7. The molecule has 1 amide bonds. The lowest BCUT2D eigenvalue weighted by Gasteiger charge is -2.21. The average Bonchev–Trinajstić information content (AvgIpc) is 3.76. The van der Waals surface area contributed by atoms with E-state index in [0.29, 0.717) is 30.0 Å². The maximum absolute atomic E-state index is 13.1. The number of benzene rings is 3. The number of unbranched alkanes of at least 4 members (excludes halogenated alkanes) is 1. The van der Waals surface area contributed by atoms with E-state index in [0.717, 1.165) is 40.9 Å². The molecule has 0 saturated carbocycles. The second kappa shape index (κ2) is 17.2. The van der Waals surface area contributed by atoms with Crippen LogP contribution in [0, 0.1) is 16.0 Å². The lowest BCUT2D eigenvalue weighted by atomic mass is 9.98. The van der Waals surface area contributed by atoms with Gasteiger partial charge < -0.3 is 24.2 Å². The number of amides is 1. The third kappa shape index (κ3) is 9.66. The van der Waals surface area contributed by atoms with Crippen molar-refractivity contribution in [3.63, 3.8) is 0 Å². The summed E-state index contributed by atoms with van der Waals surface area (Å²) < 4.78 is 13.0. The number of carbonyl (C=O) groups excluding carboxylic acids is 2. The van der Waals surface area contributed by atoms with Crippen molar-refractivity contribution in [1.29, 1.82) is 0 Å². The zero-order valence-electron chi connectivity index (χ0n) is 28.2. The van der Waals surface area contributed by atoms with Crippen molar-refractivity contribution >= 4 is 23.7 Å². The van der Waals surface area contributed by atoms with Gasteiger partial charge in [-0.25, -0.2) is 14.6 Å². The number of hydrogen-bond acceptors (Lipinski definition) is 11. The molecule has 2 heterocycles. The fourth-order valence-corrected chi connectivity index (χ4v) is 5.59. The monoisotopic (exact) mass is 716 g/mol. The van der Waals surface area contributed by atoms with E-state index in [4.69, 9.17) is 21.1 Å².